The topological polar surface area (TPSA) is 131 Å². The van der Waals surface area contributed by atoms with Crippen LogP contribution in [0.3, 0.4) is 0 Å². The largest absolute Gasteiger partial charge is 0.497 e. The van der Waals surface area contributed by atoms with Crippen molar-refractivity contribution in [3.05, 3.63) is 160 Å². The maximum absolute atomic E-state index is 14.3. The third-order valence-electron chi connectivity index (χ3n) is 10.7. The van der Waals surface area contributed by atoms with Gasteiger partial charge in [-0.3, -0.25) is 14.5 Å². The average molecular weight is 848 g/mol. The highest BCUT2D eigenvalue weighted by Crippen LogP contribution is 2.42. The second kappa shape index (κ2) is 18.1. The molecular formula is C45H42ClN5O6S2. The molecule has 1 saturated heterocycles. The van der Waals surface area contributed by atoms with E-state index in [1.165, 1.54) is 28.0 Å². The summed E-state index contributed by atoms with van der Waals surface area (Å²) in [6, 6.07) is 36.7. The van der Waals surface area contributed by atoms with E-state index in [0.29, 0.717) is 27.9 Å². The molecule has 3 heterocycles. The Morgan fingerprint density at radius 3 is 2.08 bits per heavy atom. The number of nitrogens with one attached hydrogen (secondary N) is 2. The van der Waals surface area contributed by atoms with E-state index in [4.69, 9.17) is 30.9 Å². The molecule has 0 spiro atoms. The third-order valence-corrected chi connectivity index (χ3v) is 13.1. The highest BCUT2D eigenvalue weighted by atomic mass is 35.5. The maximum Gasteiger partial charge on any atom is 0.355 e. The first-order valence-electron chi connectivity index (χ1n) is 19.4. The normalized spacial score (nSPS) is 18.2. The van der Waals surface area contributed by atoms with Crippen LogP contribution in [-0.4, -0.2) is 69.6 Å². The summed E-state index contributed by atoms with van der Waals surface area (Å²) in [4.78, 5) is 53.9. The number of thiazole rings is 1. The molecule has 11 nitrogen and oxygen atoms in total. The molecule has 1 aliphatic carbocycles. The number of benzene rings is 4. The van der Waals surface area contributed by atoms with Crippen molar-refractivity contribution >= 4 is 63.3 Å². The number of oxime groups is 1. The van der Waals surface area contributed by atoms with Gasteiger partial charge in [-0.15, -0.1) is 34.7 Å². The van der Waals surface area contributed by atoms with Gasteiger partial charge in [0.25, 0.3) is 11.8 Å². The Bertz CT molecular complexity index is 2240. The third kappa shape index (κ3) is 8.32. The van der Waals surface area contributed by atoms with Gasteiger partial charge in [-0.25, -0.2) is 9.78 Å². The Balaban J connectivity index is 1.05. The van der Waals surface area contributed by atoms with Crippen LogP contribution in [0.15, 0.2) is 137 Å². The highest BCUT2D eigenvalue weighted by Gasteiger charge is 2.54. The summed E-state index contributed by atoms with van der Waals surface area (Å²) in [5.41, 5.74) is 3.85. The summed E-state index contributed by atoms with van der Waals surface area (Å²) in [7, 11) is 1.58. The SMILES string of the molecule is COc1ccc(COC(=O)C2=C(CCl)CS[C@@H]3[C@H](NC(=O)/C(=N\OC4CCCC4)c4csc(NC(c5ccccc5)(c5ccccc5)c5ccccc5)n4)C(=O)N23)cc1. The predicted molar refractivity (Wildman–Crippen MR) is 230 cm³/mol. The lowest BCUT2D eigenvalue weighted by atomic mass is 9.77. The fourth-order valence-corrected chi connectivity index (χ4v) is 10.1. The van der Waals surface area contributed by atoms with Crippen molar-refractivity contribution in [1.29, 1.82) is 0 Å². The van der Waals surface area contributed by atoms with Crippen molar-refractivity contribution in [1.82, 2.24) is 15.2 Å². The van der Waals surface area contributed by atoms with Crippen LogP contribution in [0.4, 0.5) is 5.13 Å². The summed E-state index contributed by atoms with van der Waals surface area (Å²) >= 11 is 9.03. The Kier molecular flexibility index (Phi) is 12.3. The van der Waals surface area contributed by atoms with E-state index in [-0.39, 0.29) is 30.0 Å². The molecule has 302 valence electrons. The number of fused-ring (bicyclic) bond motifs is 1. The molecular weight excluding hydrogens is 806 g/mol. The number of β-lactam (4-membered cyclic amide) rings is 1. The van der Waals surface area contributed by atoms with E-state index in [1.807, 2.05) is 54.6 Å². The van der Waals surface area contributed by atoms with Gasteiger partial charge in [0.05, 0.1) is 7.11 Å². The summed E-state index contributed by atoms with van der Waals surface area (Å²) in [5, 5.41) is 12.8. The Hall–Kier alpha value is -5.63. The molecule has 1 aromatic heterocycles. The van der Waals surface area contributed by atoms with Crippen molar-refractivity contribution in [2.45, 2.75) is 55.3 Å². The van der Waals surface area contributed by atoms with Crippen molar-refractivity contribution in [3.63, 3.8) is 0 Å². The fourth-order valence-electron chi connectivity index (χ4n) is 7.63. The van der Waals surface area contributed by atoms with Crippen LogP contribution < -0.4 is 15.4 Å². The van der Waals surface area contributed by atoms with Crippen molar-refractivity contribution in [2.24, 2.45) is 5.16 Å². The van der Waals surface area contributed by atoms with E-state index >= 15 is 0 Å². The van der Waals surface area contributed by atoms with Gasteiger partial charge in [0.1, 0.15) is 46.8 Å². The number of hydrogen-bond acceptors (Lipinski definition) is 11. The molecule has 14 heteroatoms. The number of alkyl halides is 1. The second-order valence-electron chi connectivity index (χ2n) is 14.3. The number of hydrogen-bond donors (Lipinski definition) is 2. The van der Waals surface area contributed by atoms with E-state index in [1.54, 1.807) is 36.8 Å². The smallest absolute Gasteiger partial charge is 0.355 e. The predicted octanol–water partition coefficient (Wildman–Crippen LogP) is 7.86. The minimum atomic E-state index is -0.941. The number of aromatic nitrogens is 1. The summed E-state index contributed by atoms with van der Waals surface area (Å²) < 4.78 is 10.9. The molecule has 0 radical (unpaired) electrons. The molecule has 2 amide bonds. The maximum atomic E-state index is 14.3. The lowest BCUT2D eigenvalue weighted by molar-refractivity contribution is -0.153. The molecule has 2 atom stereocenters. The zero-order valence-electron chi connectivity index (χ0n) is 32.2. The monoisotopic (exact) mass is 847 g/mol. The Morgan fingerprint density at radius 2 is 1.51 bits per heavy atom. The lowest BCUT2D eigenvalue weighted by Gasteiger charge is -2.49. The molecule has 0 bridgehead atoms. The van der Waals surface area contributed by atoms with Crippen LogP contribution in [0.2, 0.25) is 0 Å². The number of esters is 1. The number of carbonyl (C=O) groups is 3. The molecule has 4 aromatic carbocycles. The van der Waals surface area contributed by atoms with Gasteiger partial charge in [-0.1, -0.05) is 108 Å². The number of carbonyl (C=O) groups excluding carboxylic acids is 3. The number of thioether (sulfide) groups is 1. The Labute approximate surface area is 355 Å². The molecule has 2 N–H and O–H groups in total. The molecule has 8 rings (SSSR count). The van der Waals surface area contributed by atoms with E-state index in [0.717, 1.165) is 47.9 Å². The van der Waals surface area contributed by atoms with Crippen LogP contribution in [0.25, 0.3) is 0 Å². The fraction of sp³-hybridized carbons (Fsp3) is 0.267. The Morgan fingerprint density at radius 1 is 0.898 bits per heavy atom. The first-order chi connectivity index (χ1) is 28.9. The molecule has 2 aliphatic heterocycles. The number of methoxy groups -OCH3 is 1. The first kappa shape index (κ1) is 40.2. The van der Waals surface area contributed by atoms with Crippen LogP contribution >= 0.6 is 34.7 Å². The van der Waals surface area contributed by atoms with Gasteiger partial charge in [0.15, 0.2) is 10.8 Å². The van der Waals surface area contributed by atoms with Crippen LogP contribution in [0, 0.1) is 0 Å². The van der Waals surface area contributed by atoms with E-state index < -0.39 is 34.7 Å². The number of amides is 2. The average Bonchev–Trinajstić information content (AvgIpc) is 4.00. The van der Waals surface area contributed by atoms with Crippen LogP contribution in [-0.2, 0) is 36.1 Å². The summed E-state index contributed by atoms with van der Waals surface area (Å²) in [5.74, 6) is -0.620. The highest BCUT2D eigenvalue weighted by molar-refractivity contribution is 8.00. The molecule has 2 fully saturated rings. The van der Waals surface area contributed by atoms with Gasteiger partial charge < -0.3 is 24.9 Å². The summed E-state index contributed by atoms with van der Waals surface area (Å²) in [6.07, 6.45) is 3.56. The zero-order chi connectivity index (χ0) is 40.8. The molecule has 5 aromatic rings. The molecule has 59 heavy (non-hydrogen) atoms. The van der Waals surface area contributed by atoms with Crippen molar-refractivity contribution in [3.8, 4) is 5.75 Å². The van der Waals surface area contributed by atoms with Gasteiger partial charge in [-0.2, -0.15) is 0 Å². The zero-order valence-corrected chi connectivity index (χ0v) is 34.6. The number of halogens is 1. The first-order valence-corrected chi connectivity index (χ1v) is 21.8. The van der Waals surface area contributed by atoms with Crippen molar-refractivity contribution < 1.29 is 28.7 Å². The second-order valence-corrected chi connectivity index (χ2v) is 16.6. The van der Waals surface area contributed by atoms with Gasteiger partial charge in [-0.05, 0) is 65.6 Å². The molecule has 1 saturated carbocycles. The van der Waals surface area contributed by atoms with Crippen LogP contribution in [0.5, 0.6) is 5.75 Å². The van der Waals surface area contributed by atoms with Crippen LogP contribution in [0.1, 0.15) is 53.6 Å². The van der Waals surface area contributed by atoms with Gasteiger partial charge in [0, 0.05) is 17.0 Å². The number of anilines is 1. The minimum absolute atomic E-state index is 0.00360. The van der Waals surface area contributed by atoms with E-state index in [2.05, 4.69) is 52.2 Å². The number of rotatable bonds is 15. The van der Waals surface area contributed by atoms with Crippen molar-refractivity contribution in [2.75, 3.05) is 24.1 Å². The summed E-state index contributed by atoms with van der Waals surface area (Å²) in [6.45, 7) is -0.00360. The standard InChI is InChI=1S/C45H42ClN5O6S2/c1-55-34-23-21-29(22-24-34)26-56-43(54)39-30(25-46)27-58-42-38(41(53)51(39)42)48-40(52)37(50-57-35-19-11-12-20-35)36-28-59-44(47-36)49-45(31-13-5-2-6-14-31,32-15-7-3-8-16-32)33-17-9-4-10-18-33/h2-10,13-18,21-24,28,35,38,42H,11-12,19-20,25-27H2,1H3,(H,47,49)(H,48,52)/b50-37-/t38-,42-/m1/s1. The van der Waals surface area contributed by atoms with E-state index in [9.17, 15) is 14.4 Å². The quantitative estimate of drug-likeness (QED) is 0.0270. The number of nitrogens with zero attached hydrogens (tertiary/aromatic N) is 3. The van der Waals surface area contributed by atoms with Gasteiger partial charge >= 0.3 is 5.97 Å². The minimum Gasteiger partial charge on any atom is -0.497 e. The molecule has 3 aliphatic rings. The number of ether oxygens (including phenoxy) is 2. The van der Waals surface area contributed by atoms with Gasteiger partial charge in [0.2, 0.25) is 0 Å². The lowest BCUT2D eigenvalue weighted by Crippen LogP contribution is -2.71. The molecule has 0 unspecified atom stereocenters.